The van der Waals surface area contributed by atoms with E-state index in [0.29, 0.717) is 12.4 Å². The van der Waals surface area contributed by atoms with Crippen LogP contribution in [0.2, 0.25) is 0 Å². The lowest BCUT2D eigenvalue weighted by Crippen LogP contribution is -2.13. The molecule has 0 unspecified atom stereocenters. The molecule has 0 bridgehead atoms. The van der Waals surface area contributed by atoms with Crippen molar-refractivity contribution in [3.8, 4) is 11.6 Å². The summed E-state index contributed by atoms with van der Waals surface area (Å²) < 4.78 is 6.02. The van der Waals surface area contributed by atoms with Crippen molar-refractivity contribution in [2.24, 2.45) is 5.73 Å². The molecule has 112 valence electrons. The molecule has 0 saturated heterocycles. The molecule has 1 aromatic carbocycles. The van der Waals surface area contributed by atoms with Crippen molar-refractivity contribution in [3.05, 3.63) is 52.7 Å². The number of ether oxygens (including phenoxy) is 1. The second-order valence-corrected chi connectivity index (χ2v) is 6.45. The highest BCUT2D eigenvalue weighted by Crippen LogP contribution is 2.34. The first-order valence-electron chi connectivity index (χ1n) is 7.27. The summed E-state index contributed by atoms with van der Waals surface area (Å²) in [5.41, 5.74) is 10.1. The first-order valence-corrected chi connectivity index (χ1v) is 7.27. The Morgan fingerprint density at radius 3 is 2.38 bits per heavy atom. The molecule has 0 aliphatic carbocycles. The molecular formula is C18H24N2O. The van der Waals surface area contributed by atoms with Crippen LogP contribution < -0.4 is 10.5 Å². The fraction of sp³-hybridized carbons (Fsp3) is 0.389. The standard InChI is InChI=1S/C18H24N2O/c1-12-6-8-16(15(10-12)18(3,4)5)21-17-9-7-14(11-19)13(2)20-17/h6-10H,11,19H2,1-5H3. The van der Waals surface area contributed by atoms with Gasteiger partial charge in [-0.15, -0.1) is 0 Å². The average molecular weight is 284 g/mol. The fourth-order valence-electron chi connectivity index (χ4n) is 2.27. The lowest BCUT2D eigenvalue weighted by Gasteiger charge is -2.23. The summed E-state index contributed by atoms with van der Waals surface area (Å²) in [6, 6.07) is 10.1. The predicted molar refractivity (Wildman–Crippen MR) is 86.8 cm³/mol. The molecule has 3 nitrogen and oxygen atoms in total. The lowest BCUT2D eigenvalue weighted by atomic mass is 9.85. The second kappa shape index (κ2) is 5.86. The molecule has 0 atom stereocenters. The van der Waals surface area contributed by atoms with Gasteiger partial charge in [-0.25, -0.2) is 4.98 Å². The minimum Gasteiger partial charge on any atom is -0.439 e. The SMILES string of the molecule is Cc1ccc(Oc2ccc(CN)c(C)n2)c(C(C)(C)C)c1. The number of hydrogen-bond donors (Lipinski definition) is 1. The van der Waals surface area contributed by atoms with Gasteiger partial charge in [0.1, 0.15) is 5.75 Å². The maximum absolute atomic E-state index is 6.02. The van der Waals surface area contributed by atoms with Crippen LogP contribution in [0.25, 0.3) is 0 Å². The summed E-state index contributed by atoms with van der Waals surface area (Å²) in [5, 5.41) is 0. The summed E-state index contributed by atoms with van der Waals surface area (Å²) in [5.74, 6) is 1.47. The first kappa shape index (κ1) is 15.5. The lowest BCUT2D eigenvalue weighted by molar-refractivity contribution is 0.438. The maximum Gasteiger partial charge on any atom is 0.219 e. The molecule has 3 heteroatoms. The van der Waals surface area contributed by atoms with Gasteiger partial charge in [-0.2, -0.15) is 0 Å². The van der Waals surface area contributed by atoms with E-state index in [2.05, 4.69) is 44.8 Å². The van der Waals surface area contributed by atoms with E-state index in [0.717, 1.165) is 17.0 Å². The van der Waals surface area contributed by atoms with E-state index >= 15 is 0 Å². The van der Waals surface area contributed by atoms with Crippen LogP contribution >= 0.6 is 0 Å². The van der Waals surface area contributed by atoms with Gasteiger partial charge < -0.3 is 10.5 Å². The van der Waals surface area contributed by atoms with Crippen LogP contribution in [-0.4, -0.2) is 4.98 Å². The number of pyridine rings is 1. The zero-order chi connectivity index (χ0) is 15.6. The Labute approximate surface area is 127 Å². The van der Waals surface area contributed by atoms with E-state index < -0.39 is 0 Å². The predicted octanol–water partition coefficient (Wildman–Crippen LogP) is 4.25. The normalized spacial score (nSPS) is 11.5. The van der Waals surface area contributed by atoms with Gasteiger partial charge >= 0.3 is 0 Å². The minimum atomic E-state index is 0.0214. The van der Waals surface area contributed by atoms with Crippen molar-refractivity contribution < 1.29 is 4.74 Å². The summed E-state index contributed by atoms with van der Waals surface area (Å²) in [4.78, 5) is 4.48. The molecule has 0 aliphatic heterocycles. The fourth-order valence-corrected chi connectivity index (χ4v) is 2.27. The Morgan fingerprint density at radius 1 is 1.10 bits per heavy atom. The summed E-state index contributed by atoms with van der Waals surface area (Å²) >= 11 is 0. The Balaban J connectivity index is 2.38. The molecule has 0 spiro atoms. The van der Waals surface area contributed by atoms with Crippen molar-refractivity contribution in [3.63, 3.8) is 0 Å². The third kappa shape index (κ3) is 3.61. The van der Waals surface area contributed by atoms with E-state index in [9.17, 15) is 0 Å². The van der Waals surface area contributed by atoms with Crippen LogP contribution in [0.3, 0.4) is 0 Å². The van der Waals surface area contributed by atoms with E-state index in [-0.39, 0.29) is 5.41 Å². The quantitative estimate of drug-likeness (QED) is 0.916. The molecule has 0 amide bonds. The van der Waals surface area contributed by atoms with Gasteiger partial charge in [0.2, 0.25) is 5.88 Å². The van der Waals surface area contributed by atoms with Crippen LogP contribution in [0.15, 0.2) is 30.3 Å². The van der Waals surface area contributed by atoms with Crippen molar-refractivity contribution in [1.29, 1.82) is 0 Å². The largest absolute Gasteiger partial charge is 0.439 e. The van der Waals surface area contributed by atoms with Crippen molar-refractivity contribution >= 4 is 0 Å². The van der Waals surface area contributed by atoms with E-state index in [1.165, 1.54) is 11.1 Å². The zero-order valence-electron chi connectivity index (χ0n) is 13.5. The smallest absolute Gasteiger partial charge is 0.219 e. The molecular weight excluding hydrogens is 260 g/mol. The van der Waals surface area contributed by atoms with E-state index in [1.54, 1.807) is 0 Å². The maximum atomic E-state index is 6.02. The molecule has 0 radical (unpaired) electrons. The summed E-state index contributed by atoms with van der Waals surface area (Å²) in [6.45, 7) is 11.1. The van der Waals surface area contributed by atoms with E-state index in [1.807, 2.05) is 25.1 Å². The summed E-state index contributed by atoms with van der Waals surface area (Å²) in [6.07, 6.45) is 0. The van der Waals surface area contributed by atoms with Gasteiger partial charge in [-0.3, -0.25) is 0 Å². The van der Waals surface area contributed by atoms with Gasteiger partial charge in [0.05, 0.1) is 0 Å². The number of nitrogens with zero attached hydrogens (tertiary/aromatic N) is 1. The van der Waals surface area contributed by atoms with Crippen LogP contribution in [-0.2, 0) is 12.0 Å². The molecule has 1 heterocycles. The Kier molecular flexibility index (Phi) is 4.33. The Bertz CT molecular complexity index is 642. The first-order chi connectivity index (χ1) is 9.81. The third-order valence-corrected chi connectivity index (χ3v) is 3.55. The Morgan fingerprint density at radius 2 is 1.81 bits per heavy atom. The molecule has 0 saturated carbocycles. The topological polar surface area (TPSA) is 48.1 Å². The van der Waals surface area contributed by atoms with Crippen LogP contribution in [0.5, 0.6) is 11.6 Å². The van der Waals surface area contributed by atoms with Gasteiger partial charge in [-0.05, 0) is 30.9 Å². The zero-order valence-corrected chi connectivity index (χ0v) is 13.5. The van der Waals surface area contributed by atoms with Crippen molar-refractivity contribution in [2.45, 2.75) is 46.6 Å². The number of benzene rings is 1. The van der Waals surface area contributed by atoms with Crippen molar-refractivity contribution in [1.82, 2.24) is 4.98 Å². The highest BCUT2D eigenvalue weighted by atomic mass is 16.5. The molecule has 1 aromatic heterocycles. The number of aryl methyl sites for hydroxylation is 2. The highest BCUT2D eigenvalue weighted by molar-refractivity contribution is 5.43. The molecule has 2 N–H and O–H groups in total. The van der Waals surface area contributed by atoms with Gasteiger partial charge in [0.25, 0.3) is 0 Å². The molecule has 2 aromatic rings. The van der Waals surface area contributed by atoms with E-state index in [4.69, 9.17) is 10.5 Å². The van der Waals surface area contributed by atoms with Crippen LogP contribution in [0.4, 0.5) is 0 Å². The number of hydrogen-bond acceptors (Lipinski definition) is 3. The van der Waals surface area contributed by atoms with Crippen molar-refractivity contribution in [2.75, 3.05) is 0 Å². The minimum absolute atomic E-state index is 0.0214. The van der Waals surface area contributed by atoms with Gasteiger partial charge in [0.15, 0.2) is 0 Å². The second-order valence-electron chi connectivity index (χ2n) is 6.45. The number of aromatic nitrogens is 1. The van der Waals surface area contributed by atoms with Gasteiger partial charge in [-0.1, -0.05) is 44.5 Å². The molecule has 2 rings (SSSR count). The monoisotopic (exact) mass is 284 g/mol. The molecule has 0 aliphatic rings. The van der Waals surface area contributed by atoms with Gasteiger partial charge in [0, 0.05) is 23.9 Å². The third-order valence-electron chi connectivity index (χ3n) is 3.55. The molecule has 21 heavy (non-hydrogen) atoms. The molecule has 0 fully saturated rings. The highest BCUT2D eigenvalue weighted by Gasteiger charge is 2.20. The number of nitrogens with two attached hydrogens (primary N) is 1. The Hall–Kier alpha value is -1.87. The number of rotatable bonds is 3. The van der Waals surface area contributed by atoms with Crippen LogP contribution in [0, 0.1) is 13.8 Å². The van der Waals surface area contributed by atoms with Crippen LogP contribution in [0.1, 0.15) is 43.2 Å². The summed E-state index contributed by atoms with van der Waals surface area (Å²) in [7, 11) is 0. The average Bonchev–Trinajstić information content (AvgIpc) is 2.40.